The Bertz CT molecular complexity index is 978. The maximum absolute atomic E-state index is 13.2. The van der Waals surface area contributed by atoms with E-state index in [9.17, 15) is 9.59 Å². The Morgan fingerprint density at radius 2 is 1.53 bits per heavy atom. The highest BCUT2D eigenvalue weighted by molar-refractivity contribution is 7.98. The van der Waals surface area contributed by atoms with Crippen molar-refractivity contribution in [2.24, 2.45) is 16.6 Å². The first-order chi connectivity index (χ1) is 17.1. The molecule has 5 nitrogen and oxygen atoms in total. The van der Waals surface area contributed by atoms with Gasteiger partial charge in [-0.2, -0.15) is 0 Å². The molecule has 0 aliphatic carbocycles. The molecule has 2 N–H and O–H groups in total. The van der Waals surface area contributed by atoms with Crippen LogP contribution in [0.3, 0.4) is 0 Å². The molecule has 0 saturated carbocycles. The minimum absolute atomic E-state index is 0.0882. The van der Waals surface area contributed by atoms with Crippen molar-refractivity contribution in [1.82, 2.24) is 9.80 Å². The Morgan fingerprint density at radius 3 is 2.08 bits per heavy atom. The number of thioether (sulfide) groups is 1. The molecule has 2 fully saturated rings. The first kappa shape index (κ1) is 28.3. The summed E-state index contributed by atoms with van der Waals surface area (Å²) >= 11 is 1.76. The van der Waals surface area contributed by atoms with Gasteiger partial charge >= 0.3 is 0 Å². The second kappa shape index (κ2) is 12.8. The lowest BCUT2D eigenvalue weighted by Crippen LogP contribution is -2.44. The number of rotatable bonds is 7. The van der Waals surface area contributed by atoms with Gasteiger partial charge in [0.05, 0.1) is 5.41 Å². The normalized spacial score (nSPS) is 17.7. The van der Waals surface area contributed by atoms with Crippen LogP contribution in [-0.4, -0.2) is 54.0 Å². The Hall–Kier alpha value is -2.31. The summed E-state index contributed by atoms with van der Waals surface area (Å²) in [5.74, 6) is 0.142. The predicted molar refractivity (Wildman–Crippen MR) is 150 cm³/mol. The second-order valence-corrected chi connectivity index (χ2v) is 12.0. The fraction of sp³-hybridized carbons (Fsp3) is 0.533. The number of likely N-dealkylation sites (tertiary alicyclic amines) is 2. The van der Waals surface area contributed by atoms with Gasteiger partial charge in [0.1, 0.15) is 0 Å². The molecule has 1 spiro atoms. The highest BCUT2D eigenvalue weighted by Crippen LogP contribution is 2.42. The smallest absolute Gasteiger partial charge is 0.229 e. The highest BCUT2D eigenvalue weighted by Gasteiger charge is 2.47. The van der Waals surface area contributed by atoms with Gasteiger partial charge in [0.25, 0.3) is 0 Å². The first-order valence-corrected chi connectivity index (χ1v) is 14.3. The van der Waals surface area contributed by atoms with E-state index in [2.05, 4.69) is 70.7 Å². The molecule has 6 heteroatoms. The van der Waals surface area contributed by atoms with E-state index in [0.717, 1.165) is 58.4 Å². The van der Waals surface area contributed by atoms with E-state index in [4.69, 9.17) is 5.73 Å². The predicted octanol–water partition coefficient (Wildman–Crippen LogP) is 5.37. The average Bonchev–Trinajstić information content (AvgIpc) is 3.16. The number of piperidine rings is 1. The largest absolute Gasteiger partial charge is 0.369 e. The van der Waals surface area contributed by atoms with E-state index >= 15 is 0 Å². The number of hydrogen-bond donors (Lipinski definition) is 1. The van der Waals surface area contributed by atoms with Crippen molar-refractivity contribution in [3.8, 4) is 0 Å². The van der Waals surface area contributed by atoms with Crippen LogP contribution >= 0.6 is 11.8 Å². The van der Waals surface area contributed by atoms with Gasteiger partial charge in [0.15, 0.2) is 0 Å². The van der Waals surface area contributed by atoms with Crippen LogP contribution in [0.25, 0.3) is 0 Å². The van der Waals surface area contributed by atoms with Crippen molar-refractivity contribution in [3.63, 3.8) is 0 Å². The lowest BCUT2D eigenvalue weighted by molar-refractivity contribution is -0.138. The summed E-state index contributed by atoms with van der Waals surface area (Å²) in [4.78, 5) is 29.4. The van der Waals surface area contributed by atoms with Crippen molar-refractivity contribution < 1.29 is 9.59 Å². The molecule has 2 amide bonds. The second-order valence-electron chi connectivity index (χ2n) is 11.2. The maximum Gasteiger partial charge on any atom is 0.229 e. The summed E-state index contributed by atoms with van der Waals surface area (Å²) in [6, 6.07) is 19.4. The molecule has 2 aliphatic rings. The Kier molecular flexibility index (Phi) is 10.0. The summed E-state index contributed by atoms with van der Waals surface area (Å²) in [5.41, 5.74) is 7.15. The van der Waals surface area contributed by atoms with E-state index in [-0.39, 0.29) is 16.7 Å². The third-order valence-corrected chi connectivity index (χ3v) is 8.21. The summed E-state index contributed by atoms with van der Waals surface area (Å²) in [6.07, 6.45) is 7.52. The zero-order valence-corrected chi connectivity index (χ0v) is 23.3. The summed E-state index contributed by atoms with van der Waals surface area (Å²) in [5, 5.41) is 0. The quantitative estimate of drug-likeness (QED) is 0.510. The Balaban J connectivity index is 0.000000454. The van der Waals surface area contributed by atoms with E-state index in [0.29, 0.717) is 5.91 Å². The molecule has 2 aromatic carbocycles. The minimum atomic E-state index is -0.361. The molecule has 2 aliphatic heterocycles. The number of carbonyl (C=O) groups is 2. The summed E-state index contributed by atoms with van der Waals surface area (Å²) in [6.45, 7) is 10.3. The van der Waals surface area contributed by atoms with Crippen LogP contribution in [-0.2, 0) is 22.6 Å². The lowest BCUT2D eigenvalue weighted by atomic mass is 9.77. The van der Waals surface area contributed by atoms with Crippen LogP contribution in [0.15, 0.2) is 59.5 Å². The van der Waals surface area contributed by atoms with Crippen LogP contribution in [0, 0.1) is 10.8 Å². The molecule has 0 aromatic heterocycles. The highest BCUT2D eigenvalue weighted by atomic mass is 32.2. The van der Waals surface area contributed by atoms with Crippen molar-refractivity contribution in [2.45, 2.75) is 64.3 Å². The minimum Gasteiger partial charge on any atom is -0.369 e. The lowest BCUT2D eigenvalue weighted by Gasteiger charge is -2.38. The van der Waals surface area contributed by atoms with Gasteiger partial charge in [-0.25, -0.2) is 0 Å². The first-order valence-electron chi connectivity index (χ1n) is 13.1. The Morgan fingerprint density at radius 1 is 0.944 bits per heavy atom. The third kappa shape index (κ3) is 7.84. The molecule has 2 heterocycles. The van der Waals surface area contributed by atoms with E-state index in [1.807, 2.05) is 0 Å². The maximum atomic E-state index is 13.2. The van der Waals surface area contributed by atoms with Crippen molar-refractivity contribution in [3.05, 3.63) is 65.7 Å². The molecular formula is C30H43N3O2S. The van der Waals surface area contributed by atoms with Gasteiger partial charge < -0.3 is 15.5 Å². The fourth-order valence-electron chi connectivity index (χ4n) is 4.82. The molecule has 0 atom stereocenters. The standard InChI is InChI=1S/C25H32N2OS.C5H11NO/c1-29-23-11-9-22(10-12-23)20-27-19-15-25(24(27)28)13-17-26(18-14-25)16-5-8-21-6-3-2-4-7-21;1-5(2,3)4(6)7/h2-4,6-7,9-12H,5,8,13-20H2,1H3;1-3H3,(H2,6,7). The molecule has 2 aromatic rings. The van der Waals surface area contributed by atoms with E-state index in [1.165, 1.54) is 22.4 Å². The topological polar surface area (TPSA) is 66.6 Å². The molecule has 36 heavy (non-hydrogen) atoms. The van der Waals surface area contributed by atoms with E-state index < -0.39 is 0 Å². The van der Waals surface area contributed by atoms with Crippen molar-refractivity contribution in [2.75, 3.05) is 32.4 Å². The van der Waals surface area contributed by atoms with Gasteiger partial charge in [0.2, 0.25) is 11.8 Å². The SMILES string of the molecule is CC(C)(C)C(N)=O.CSc1ccc(CN2CCC3(CCN(CCCc4ccccc4)CC3)C2=O)cc1. The zero-order chi connectivity index (χ0) is 26.2. The molecule has 0 radical (unpaired) electrons. The molecule has 4 rings (SSSR count). The number of hydrogen-bond acceptors (Lipinski definition) is 4. The molecule has 2 saturated heterocycles. The number of carbonyl (C=O) groups excluding carboxylic acids is 2. The summed E-state index contributed by atoms with van der Waals surface area (Å²) in [7, 11) is 0. The summed E-state index contributed by atoms with van der Waals surface area (Å²) < 4.78 is 0. The average molecular weight is 510 g/mol. The number of benzene rings is 2. The van der Waals surface area contributed by atoms with Crippen LogP contribution < -0.4 is 5.73 Å². The fourth-order valence-corrected chi connectivity index (χ4v) is 5.22. The van der Waals surface area contributed by atoms with Gasteiger partial charge in [-0.1, -0.05) is 63.2 Å². The van der Waals surface area contributed by atoms with Crippen LogP contribution in [0.5, 0.6) is 0 Å². The van der Waals surface area contributed by atoms with Gasteiger partial charge in [-0.15, -0.1) is 11.8 Å². The van der Waals surface area contributed by atoms with Crippen molar-refractivity contribution >= 4 is 23.6 Å². The number of aryl methyl sites for hydroxylation is 1. The van der Waals surface area contributed by atoms with Gasteiger partial charge in [-0.3, -0.25) is 9.59 Å². The Labute approximate surface area is 221 Å². The third-order valence-electron chi connectivity index (χ3n) is 7.47. The van der Waals surface area contributed by atoms with E-state index in [1.54, 1.807) is 32.5 Å². The van der Waals surface area contributed by atoms with Crippen LogP contribution in [0.1, 0.15) is 57.6 Å². The van der Waals surface area contributed by atoms with Crippen molar-refractivity contribution in [1.29, 1.82) is 0 Å². The van der Waals surface area contributed by atoms with Crippen LogP contribution in [0.2, 0.25) is 0 Å². The van der Waals surface area contributed by atoms with Gasteiger partial charge in [-0.05, 0) is 81.3 Å². The zero-order valence-electron chi connectivity index (χ0n) is 22.5. The molecular weight excluding hydrogens is 466 g/mol. The van der Waals surface area contributed by atoms with Crippen LogP contribution in [0.4, 0.5) is 0 Å². The number of nitrogens with two attached hydrogens (primary N) is 1. The number of nitrogens with zero attached hydrogens (tertiary/aromatic N) is 2. The molecule has 0 unspecified atom stereocenters. The molecule has 0 bridgehead atoms. The number of primary amides is 1. The number of amides is 2. The molecule has 196 valence electrons. The van der Waals surface area contributed by atoms with Gasteiger partial charge in [0, 0.05) is 23.4 Å². The monoisotopic (exact) mass is 509 g/mol.